The Morgan fingerprint density at radius 2 is 1.94 bits per heavy atom. The molecule has 0 radical (unpaired) electrons. The maximum atomic E-state index is 11.8. The van der Waals surface area contributed by atoms with Crippen LogP contribution in [0.3, 0.4) is 0 Å². The van der Waals surface area contributed by atoms with Crippen molar-refractivity contribution in [3.05, 3.63) is 0 Å². The molecule has 4 heteroatoms. The van der Waals surface area contributed by atoms with Crippen LogP contribution in [0.25, 0.3) is 0 Å². The average Bonchev–Trinajstić information content (AvgIpc) is 2.22. The first-order valence-corrected chi connectivity index (χ1v) is 8.11. The second-order valence-corrected chi connectivity index (χ2v) is 7.04. The lowest BCUT2D eigenvalue weighted by molar-refractivity contribution is 0.227. The van der Waals surface area contributed by atoms with Crippen LogP contribution in [-0.4, -0.2) is 20.2 Å². The molecule has 1 N–H and O–H groups in total. The lowest BCUT2D eigenvalue weighted by atomic mass is 9.78. The highest BCUT2D eigenvalue weighted by Crippen LogP contribution is 2.29. The van der Waals surface area contributed by atoms with Gasteiger partial charge in [-0.1, -0.05) is 40.0 Å². The second kappa shape index (κ2) is 6.01. The van der Waals surface area contributed by atoms with E-state index >= 15 is 0 Å². The zero-order valence-electron chi connectivity index (χ0n) is 10.7. The molecule has 96 valence electrons. The van der Waals surface area contributed by atoms with Gasteiger partial charge in [0.2, 0.25) is 10.0 Å². The monoisotopic (exact) mass is 247 g/mol. The molecule has 1 fully saturated rings. The highest BCUT2D eigenvalue weighted by Gasteiger charge is 2.29. The van der Waals surface area contributed by atoms with Crippen molar-refractivity contribution < 1.29 is 8.42 Å². The number of hydrogen-bond acceptors (Lipinski definition) is 2. The Balaban J connectivity index is 2.52. The molecule has 1 aliphatic carbocycles. The van der Waals surface area contributed by atoms with Crippen molar-refractivity contribution in [2.75, 3.05) is 5.75 Å². The minimum absolute atomic E-state index is 0.158. The summed E-state index contributed by atoms with van der Waals surface area (Å²) in [7, 11) is -3.05. The fourth-order valence-electron chi connectivity index (χ4n) is 2.37. The molecule has 1 rings (SSSR count). The summed E-state index contributed by atoms with van der Waals surface area (Å²) in [6, 6.07) is 0.158. The van der Waals surface area contributed by atoms with Crippen LogP contribution < -0.4 is 4.72 Å². The van der Waals surface area contributed by atoms with Gasteiger partial charge in [-0.15, -0.1) is 0 Å². The quantitative estimate of drug-likeness (QED) is 0.811. The summed E-state index contributed by atoms with van der Waals surface area (Å²) < 4.78 is 26.5. The van der Waals surface area contributed by atoms with E-state index in [1.54, 1.807) is 0 Å². The van der Waals surface area contributed by atoms with E-state index in [0.717, 1.165) is 25.7 Å². The number of rotatable bonds is 5. The van der Waals surface area contributed by atoms with Crippen molar-refractivity contribution in [1.29, 1.82) is 0 Å². The molecule has 0 aromatic carbocycles. The number of unbranched alkanes of at least 4 members (excludes halogenated alkanes) is 1. The third-order valence-electron chi connectivity index (χ3n) is 3.80. The summed E-state index contributed by atoms with van der Waals surface area (Å²) in [6.07, 6.45) is 5.06. The van der Waals surface area contributed by atoms with Crippen LogP contribution in [0.1, 0.15) is 52.9 Å². The number of sulfonamides is 1. The van der Waals surface area contributed by atoms with Gasteiger partial charge in [-0.2, -0.15) is 0 Å². The van der Waals surface area contributed by atoms with Crippen LogP contribution >= 0.6 is 0 Å². The van der Waals surface area contributed by atoms with E-state index in [9.17, 15) is 8.42 Å². The van der Waals surface area contributed by atoms with Gasteiger partial charge in [-0.3, -0.25) is 0 Å². The zero-order valence-corrected chi connectivity index (χ0v) is 11.5. The first kappa shape index (κ1) is 14.0. The van der Waals surface area contributed by atoms with Crippen LogP contribution in [0.15, 0.2) is 0 Å². The summed E-state index contributed by atoms with van der Waals surface area (Å²) in [4.78, 5) is 0. The predicted octanol–water partition coefficient (Wildman–Crippen LogP) is 2.53. The largest absolute Gasteiger partial charge is 0.212 e. The molecule has 0 bridgehead atoms. The van der Waals surface area contributed by atoms with Crippen LogP contribution in [0.2, 0.25) is 0 Å². The smallest absolute Gasteiger partial charge is 0.211 e. The minimum atomic E-state index is -3.05. The summed E-state index contributed by atoms with van der Waals surface area (Å²) in [5.74, 6) is 1.37. The maximum Gasteiger partial charge on any atom is 0.211 e. The highest BCUT2D eigenvalue weighted by atomic mass is 32.2. The maximum absolute atomic E-state index is 11.8. The molecule has 0 aromatic heterocycles. The molecule has 0 aliphatic heterocycles. The minimum Gasteiger partial charge on any atom is -0.212 e. The van der Waals surface area contributed by atoms with Crippen LogP contribution in [0.5, 0.6) is 0 Å². The van der Waals surface area contributed by atoms with Crippen molar-refractivity contribution in [1.82, 2.24) is 4.72 Å². The molecule has 3 atom stereocenters. The van der Waals surface area contributed by atoms with Gasteiger partial charge in [0, 0.05) is 6.04 Å². The Bertz CT molecular complexity index is 300. The van der Waals surface area contributed by atoms with Gasteiger partial charge in [0.15, 0.2) is 0 Å². The van der Waals surface area contributed by atoms with Gasteiger partial charge in [0.1, 0.15) is 0 Å². The zero-order chi connectivity index (χ0) is 12.2. The Morgan fingerprint density at radius 3 is 2.56 bits per heavy atom. The van der Waals surface area contributed by atoms with Crippen molar-refractivity contribution in [2.45, 2.75) is 58.9 Å². The van der Waals surface area contributed by atoms with E-state index in [4.69, 9.17) is 0 Å². The normalized spacial score (nSPS) is 31.6. The molecule has 0 spiro atoms. The third-order valence-corrected chi connectivity index (χ3v) is 5.29. The summed E-state index contributed by atoms with van der Waals surface area (Å²) >= 11 is 0. The molecule has 16 heavy (non-hydrogen) atoms. The van der Waals surface area contributed by atoms with Gasteiger partial charge >= 0.3 is 0 Å². The number of hydrogen-bond donors (Lipinski definition) is 1. The summed E-state index contributed by atoms with van der Waals surface area (Å²) in [6.45, 7) is 6.40. The SMILES string of the molecule is CCCCS(=O)(=O)N[C@@H]1CCC[C@@H](C)[C@@H]1C. The molecule has 0 amide bonds. The Morgan fingerprint density at radius 1 is 1.25 bits per heavy atom. The van der Waals surface area contributed by atoms with Gasteiger partial charge in [-0.05, 0) is 24.7 Å². The van der Waals surface area contributed by atoms with Crippen LogP contribution in [0, 0.1) is 11.8 Å². The molecule has 0 aromatic rings. The van der Waals surface area contributed by atoms with E-state index in [1.165, 1.54) is 6.42 Å². The van der Waals surface area contributed by atoms with Crippen LogP contribution in [0.4, 0.5) is 0 Å². The first-order chi connectivity index (χ1) is 7.46. The first-order valence-electron chi connectivity index (χ1n) is 6.46. The molecule has 1 aliphatic rings. The number of nitrogens with one attached hydrogen (secondary N) is 1. The molecular weight excluding hydrogens is 222 g/mol. The van der Waals surface area contributed by atoms with Gasteiger partial charge in [0.25, 0.3) is 0 Å². The molecule has 3 nitrogen and oxygen atoms in total. The van der Waals surface area contributed by atoms with E-state index in [0.29, 0.717) is 11.8 Å². The van der Waals surface area contributed by atoms with E-state index in [1.807, 2.05) is 6.92 Å². The fourth-order valence-corrected chi connectivity index (χ4v) is 3.95. The average molecular weight is 247 g/mol. The van der Waals surface area contributed by atoms with Crippen LogP contribution in [-0.2, 0) is 10.0 Å². The lowest BCUT2D eigenvalue weighted by Gasteiger charge is -2.34. The van der Waals surface area contributed by atoms with E-state index in [-0.39, 0.29) is 11.8 Å². The standard InChI is InChI=1S/C12H25NO2S/c1-4-5-9-16(14,15)13-12-8-6-7-10(2)11(12)3/h10-13H,4-9H2,1-3H3/t10-,11+,12-/m1/s1. The topological polar surface area (TPSA) is 46.2 Å². The molecular formula is C12H25NO2S. The van der Waals surface area contributed by atoms with Gasteiger partial charge in [0.05, 0.1) is 5.75 Å². The van der Waals surface area contributed by atoms with E-state index < -0.39 is 10.0 Å². The lowest BCUT2D eigenvalue weighted by Crippen LogP contribution is -2.44. The molecule has 1 saturated carbocycles. The predicted molar refractivity (Wildman–Crippen MR) is 67.8 cm³/mol. The third kappa shape index (κ3) is 4.06. The van der Waals surface area contributed by atoms with Crippen molar-refractivity contribution in [3.63, 3.8) is 0 Å². The van der Waals surface area contributed by atoms with Gasteiger partial charge in [-0.25, -0.2) is 13.1 Å². The molecule has 0 unspecified atom stereocenters. The fraction of sp³-hybridized carbons (Fsp3) is 1.00. The van der Waals surface area contributed by atoms with E-state index in [2.05, 4.69) is 18.6 Å². The summed E-state index contributed by atoms with van der Waals surface area (Å²) in [5, 5.41) is 0. The Kier molecular flexibility index (Phi) is 5.25. The van der Waals surface area contributed by atoms with Crippen molar-refractivity contribution >= 4 is 10.0 Å². The van der Waals surface area contributed by atoms with Crippen molar-refractivity contribution in [3.8, 4) is 0 Å². The second-order valence-electron chi connectivity index (χ2n) is 5.16. The Hall–Kier alpha value is -0.0900. The summed E-state index contributed by atoms with van der Waals surface area (Å²) in [5.41, 5.74) is 0. The highest BCUT2D eigenvalue weighted by molar-refractivity contribution is 7.89. The Labute approximate surface area is 100 Å². The van der Waals surface area contributed by atoms with Gasteiger partial charge < -0.3 is 0 Å². The van der Waals surface area contributed by atoms with Crippen molar-refractivity contribution in [2.24, 2.45) is 11.8 Å². The molecule has 0 saturated heterocycles. The molecule has 0 heterocycles.